The normalized spacial score (nSPS) is 15.8. The zero-order valence-electron chi connectivity index (χ0n) is 33.2. The van der Waals surface area contributed by atoms with E-state index in [0.717, 1.165) is 17.1 Å². The molecular formula is C58H41N. The van der Waals surface area contributed by atoms with Crippen LogP contribution in [0.1, 0.15) is 47.2 Å². The van der Waals surface area contributed by atoms with Gasteiger partial charge in [-0.2, -0.15) is 0 Å². The maximum absolute atomic E-state index is 2.50. The van der Waals surface area contributed by atoms with Crippen LogP contribution >= 0.6 is 0 Å². The number of hydrogen-bond donors (Lipinski definition) is 0. The molecule has 1 nitrogen and oxygen atoms in total. The van der Waals surface area contributed by atoms with Crippen LogP contribution in [0.2, 0.25) is 0 Å². The Labute approximate surface area is 346 Å². The van der Waals surface area contributed by atoms with Gasteiger partial charge in [0.05, 0.1) is 11.1 Å². The van der Waals surface area contributed by atoms with E-state index in [1.54, 1.807) is 0 Å². The molecule has 0 N–H and O–H groups in total. The molecule has 59 heavy (non-hydrogen) atoms. The minimum atomic E-state index is -0.447. The highest BCUT2D eigenvalue weighted by Gasteiger charge is 2.52. The summed E-state index contributed by atoms with van der Waals surface area (Å²) >= 11 is 0. The Morgan fingerprint density at radius 1 is 0.288 bits per heavy atom. The van der Waals surface area contributed by atoms with E-state index in [1.165, 1.54) is 89.0 Å². The second kappa shape index (κ2) is 12.6. The van der Waals surface area contributed by atoms with E-state index in [4.69, 9.17) is 0 Å². The van der Waals surface area contributed by atoms with Crippen molar-refractivity contribution in [1.29, 1.82) is 0 Å². The van der Waals surface area contributed by atoms with E-state index in [0.29, 0.717) is 0 Å². The number of para-hydroxylation sites is 1. The van der Waals surface area contributed by atoms with Crippen LogP contribution in [0, 0.1) is 0 Å². The van der Waals surface area contributed by atoms with Gasteiger partial charge in [-0.1, -0.05) is 190 Å². The highest BCUT2D eigenvalue weighted by atomic mass is 15.1. The van der Waals surface area contributed by atoms with Crippen LogP contribution < -0.4 is 4.90 Å². The molecule has 0 heterocycles. The Bertz CT molecular complexity index is 3140. The molecule has 0 saturated heterocycles. The summed E-state index contributed by atoms with van der Waals surface area (Å²) in [6.45, 7) is 4.74. The number of anilines is 3. The lowest BCUT2D eigenvalue weighted by Gasteiger charge is -2.32. The van der Waals surface area contributed by atoms with Crippen molar-refractivity contribution in [2.24, 2.45) is 0 Å². The summed E-state index contributed by atoms with van der Waals surface area (Å²) in [6, 6.07) is 79.2. The topological polar surface area (TPSA) is 3.24 Å². The lowest BCUT2D eigenvalue weighted by molar-refractivity contribution is 0.660. The van der Waals surface area contributed by atoms with E-state index in [2.05, 4.69) is 231 Å². The molecule has 0 aromatic heterocycles. The van der Waals surface area contributed by atoms with Gasteiger partial charge >= 0.3 is 0 Å². The highest BCUT2D eigenvalue weighted by molar-refractivity contribution is 5.98. The molecule has 0 saturated carbocycles. The largest absolute Gasteiger partial charge is 0.310 e. The van der Waals surface area contributed by atoms with Gasteiger partial charge in [-0.15, -0.1) is 0 Å². The fraction of sp³-hybridized carbons (Fsp3) is 0.0690. The molecule has 3 aliphatic carbocycles. The monoisotopic (exact) mass is 751 g/mol. The Morgan fingerprint density at radius 2 is 0.763 bits per heavy atom. The predicted molar refractivity (Wildman–Crippen MR) is 246 cm³/mol. The lowest BCUT2D eigenvalue weighted by atomic mass is 9.70. The average molecular weight is 752 g/mol. The van der Waals surface area contributed by atoms with Gasteiger partial charge in [0, 0.05) is 22.4 Å². The molecule has 278 valence electrons. The average Bonchev–Trinajstić information content (AvgIpc) is 3.85. The molecule has 0 aliphatic heterocycles. The third-order valence-electron chi connectivity index (χ3n) is 13.5. The highest BCUT2D eigenvalue weighted by Crippen LogP contribution is 2.64. The maximum Gasteiger partial charge on any atom is 0.0725 e. The van der Waals surface area contributed by atoms with Crippen molar-refractivity contribution in [3.8, 4) is 55.6 Å². The minimum Gasteiger partial charge on any atom is -0.310 e. The molecule has 12 rings (SSSR count). The molecule has 3 aliphatic rings. The summed E-state index contributed by atoms with van der Waals surface area (Å²) in [5.74, 6) is 0. The number of hydrogen-bond acceptors (Lipinski definition) is 1. The van der Waals surface area contributed by atoms with Gasteiger partial charge in [0.15, 0.2) is 0 Å². The number of benzene rings is 9. The Morgan fingerprint density at radius 3 is 1.47 bits per heavy atom. The second-order valence-corrected chi connectivity index (χ2v) is 16.8. The van der Waals surface area contributed by atoms with Gasteiger partial charge in [-0.05, 0) is 120 Å². The van der Waals surface area contributed by atoms with Crippen molar-refractivity contribution in [2.45, 2.75) is 24.7 Å². The molecule has 1 spiro atoms. The van der Waals surface area contributed by atoms with Crippen LogP contribution in [-0.2, 0) is 10.8 Å². The van der Waals surface area contributed by atoms with Gasteiger partial charge in [0.1, 0.15) is 0 Å². The minimum absolute atomic E-state index is 0.127. The molecule has 9 aromatic rings. The molecule has 0 bridgehead atoms. The summed E-state index contributed by atoms with van der Waals surface area (Å²) in [6.07, 6.45) is 0. The summed E-state index contributed by atoms with van der Waals surface area (Å²) in [5, 5.41) is 0. The first-order valence-electron chi connectivity index (χ1n) is 20.8. The van der Waals surface area contributed by atoms with E-state index in [9.17, 15) is 0 Å². The van der Waals surface area contributed by atoms with Gasteiger partial charge in [-0.25, -0.2) is 0 Å². The smallest absolute Gasteiger partial charge is 0.0725 e. The molecule has 1 heteroatoms. The zero-order valence-corrected chi connectivity index (χ0v) is 33.2. The second-order valence-electron chi connectivity index (χ2n) is 16.8. The summed E-state index contributed by atoms with van der Waals surface area (Å²) in [4.78, 5) is 2.50. The van der Waals surface area contributed by atoms with Crippen molar-refractivity contribution in [3.63, 3.8) is 0 Å². The first-order valence-corrected chi connectivity index (χ1v) is 20.8. The standard InChI is InChI=1S/C58H41N/c1-57(2)50-25-13-9-22-44(50)47-33-30-42(37-54(47)57)59(56-28-16-12-21-43(56)39-19-7-4-8-20-39)41-31-34-53-49(36-41)46-24-11-15-27-52(46)58(53)51-26-14-10-23-45(51)48-32-29-40(35-55(48)58)38-17-5-3-6-18-38/h3-37H,1-2H3. The molecule has 1 unspecified atom stereocenters. The van der Waals surface area contributed by atoms with E-state index >= 15 is 0 Å². The molecule has 9 aromatic carbocycles. The van der Waals surface area contributed by atoms with Crippen molar-refractivity contribution in [3.05, 3.63) is 246 Å². The van der Waals surface area contributed by atoms with Gasteiger partial charge in [0.25, 0.3) is 0 Å². The van der Waals surface area contributed by atoms with Crippen molar-refractivity contribution < 1.29 is 0 Å². The summed E-state index contributed by atoms with van der Waals surface area (Å²) in [5.41, 5.74) is 23.7. The number of nitrogens with zero attached hydrogens (tertiary/aromatic N) is 1. The zero-order chi connectivity index (χ0) is 39.3. The fourth-order valence-corrected chi connectivity index (χ4v) is 10.9. The molecule has 0 fully saturated rings. The number of fused-ring (bicyclic) bond motifs is 13. The van der Waals surface area contributed by atoms with Gasteiger partial charge < -0.3 is 4.90 Å². The maximum atomic E-state index is 2.50. The molecule has 0 radical (unpaired) electrons. The van der Waals surface area contributed by atoms with Crippen LogP contribution in [0.4, 0.5) is 17.1 Å². The van der Waals surface area contributed by atoms with Crippen molar-refractivity contribution >= 4 is 17.1 Å². The first-order chi connectivity index (χ1) is 29.0. The quantitative estimate of drug-likeness (QED) is 0.169. The number of rotatable bonds is 5. The first kappa shape index (κ1) is 33.9. The summed E-state index contributed by atoms with van der Waals surface area (Å²) in [7, 11) is 0. The van der Waals surface area contributed by atoms with Gasteiger partial charge in [0.2, 0.25) is 0 Å². The van der Waals surface area contributed by atoms with Crippen LogP contribution in [0.15, 0.2) is 212 Å². The van der Waals surface area contributed by atoms with E-state index in [1.807, 2.05) is 0 Å². The van der Waals surface area contributed by atoms with E-state index < -0.39 is 5.41 Å². The third kappa shape index (κ3) is 4.73. The fourth-order valence-electron chi connectivity index (χ4n) is 10.9. The van der Waals surface area contributed by atoms with Crippen molar-refractivity contribution in [1.82, 2.24) is 0 Å². The summed E-state index contributed by atoms with van der Waals surface area (Å²) < 4.78 is 0. The molecular weight excluding hydrogens is 711 g/mol. The predicted octanol–water partition coefficient (Wildman–Crippen LogP) is 15.1. The van der Waals surface area contributed by atoms with E-state index in [-0.39, 0.29) is 5.41 Å². The SMILES string of the molecule is CC1(C)c2ccccc2-c2ccc(N(c3ccc4c(c3)-c3ccccc3C43c4ccccc4-c4ccc(-c5ccccc5)cc43)c3ccccc3-c3ccccc3)cc21. The van der Waals surface area contributed by atoms with Crippen LogP contribution in [-0.4, -0.2) is 0 Å². The van der Waals surface area contributed by atoms with Crippen molar-refractivity contribution in [2.75, 3.05) is 4.90 Å². The Kier molecular flexibility index (Phi) is 7.26. The Balaban J connectivity index is 1.11. The lowest BCUT2D eigenvalue weighted by Crippen LogP contribution is -2.26. The van der Waals surface area contributed by atoms with Crippen LogP contribution in [0.25, 0.3) is 55.6 Å². The van der Waals surface area contributed by atoms with Gasteiger partial charge in [-0.3, -0.25) is 0 Å². The van der Waals surface area contributed by atoms with Crippen LogP contribution in [0.5, 0.6) is 0 Å². The molecule has 1 atom stereocenters. The van der Waals surface area contributed by atoms with Crippen LogP contribution in [0.3, 0.4) is 0 Å². The third-order valence-corrected chi connectivity index (χ3v) is 13.5. The Hall–Kier alpha value is -7.22. The molecule has 0 amide bonds.